The maximum Gasteiger partial charge on any atom is 0.253 e. The van der Waals surface area contributed by atoms with E-state index in [-0.39, 0.29) is 11.7 Å². The smallest absolute Gasteiger partial charge is 0.253 e. The van der Waals surface area contributed by atoms with Gasteiger partial charge in [-0.1, -0.05) is 12.1 Å². The first kappa shape index (κ1) is 20.3. The predicted molar refractivity (Wildman–Crippen MR) is 106 cm³/mol. The van der Waals surface area contributed by atoms with Gasteiger partial charge in [-0.25, -0.2) is 8.42 Å². The summed E-state index contributed by atoms with van der Waals surface area (Å²) in [5.74, 6) is 0.267. The molecule has 0 N–H and O–H groups in total. The second-order valence-electron chi connectivity index (χ2n) is 7.37. The molecule has 1 amide bonds. The Morgan fingerprint density at radius 1 is 0.926 bits per heavy atom. The fraction of sp³-hybridized carbons (Fsp3) is 0.632. The van der Waals surface area contributed by atoms with Gasteiger partial charge in [-0.05, 0) is 31.7 Å². The summed E-state index contributed by atoms with van der Waals surface area (Å²) in [5, 5.41) is 0. The molecule has 27 heavy (non-hydrogen) atoms. The summed E-state index contributed by atoms with van der Waals surface area (Å²) in [4.78, 5) is 19.0. The molecule has 7 nitrogen and oxygen atoms in total. The lowest BCUT2D eigenvalue weighted by Crippen LogP contribution is -2.48. The molecule has 0 unspecified atom stereocenters. The van der Waals surface area contributed by atoms with E-state index in [1.807, 2.05) is 29.2 Å². The number of likely N-dealkylation sites (N-methyl/N-ethyl adjacent to an activating group) is 1. The summed E-state index contributed by atoms with van der Waals surface area (Å²) >= 11 is 0. The first-order valence-electron chi connectivity index (χ1n) is 9.66. The van der Waals surface area contributed by atoms with Gasteiger partial charge in [-0.2, -0.15) is 4.31 Å². The molecule has 1 aromatic carbocycles. The van der Waals surface area contributed by atoms with Crippen LogP contribution in [0.3, 0.4) is 0 Å². The third-order valence-corrected chi connectivity index (χ3v) is 7.37. The number of hydrogen-bond donors (Lipinski definition) is 0. The number of benzene rings is 1. The normalized spacial score (nSPS) is 20.7. The number of nitrogens with zero attached hydrogens (tertiary/aromatic N) is 4. The largest absolute Gasteiger partial charge is 0.336 e. The van der Waals surface area contributed by atoms with Crippen LogP contribution in [0.2, 0.25) is 0 Å². The Morgan fingerprint density at radius 2 is 1.52 bits per heavy atom. The zero-order valence-electron chi connectivity index (χ0n) is 16.3. The maximum absolute atomic E-state index is 12.6. The molecule has 8 heteroatoms. The molecule has 3 rings (SSSR count). The topological polar surface area (TPSA) is 64.2 Å². The first-order chi connectivity index (χ1) is 12.9. The van der Waals surface area contributed by atoms with Crippen LogP contribution >= 0.6 is 0 Å². The molecule has 0 bridgehead atoms. The molecular weight excluding hydrogens is 364 g/mol. The molecule has 0 spiro atoms. The van der Waals surface area contributed by atoms with Gasteiger partial charge in [0.05, 0.1) is 5.75 Å². The minimum absolute atomic E-state index is 0.105. The molecular formula is C19H30N4O3S. The number of sulfonamides is 1. The Morgan fingerprint density at radius 3 is 2.07 bits per heavy atom. The zero-order chi connectivity index (χ0) is 19.4. The van der Waals surface area contributed by atoms with Gasteiger partial charge in [-0.15, -0.1) is 0 Å². The van der Waals surface area contributed by atoms with Crippen molar-refractivity contribution in [3.8, 4) is 0 Å². The van der Waals surface area contributed by atoms with Gasteiger partial charge in [-0.3, -0.25) is 9.69 Å². The Kier molecular flexibility index (Phi) is 6.52. The van der Waals surface area contributed by atoms with Crippen molar-refractivity contribution in [3.05, 3.63) is 35.4 Å². The van der Waals surface area contributed by atoms with Crippen LogP contribution in [0.4, 0.5) is 0 Å². The van der Waals surface area contributed by atoms with Gasteiger partial charge >= 0.3 is 0 Å². The number of hydrogen-bond acceptors (Lipinski definition) is 5. The summed E-state index contributed by atoms with van der Waals surface area (Å²) < 4.78 is 25.5. The van der Waals surface area contributed by atoms with Crippen LogP contribution in [-0.4, -0.2) is 98.5 Å². The van der Waals surface area contributed by atoms with Gasteiger partial charge in [0.2, 0.25) is 10.0 Å². The van der Waals surface area contributed by atoms with Crippen molar-refractivity contribution in [1.29, 1.82) is 0 Å². The highest BCUT2D eigenvalue weighted by Crippen LogP contribution is 2.14. The van der Waals surface area contributed by atoms with Gasteiger partial charge in [0.25, 0.3) is 5.91 Å². The monoisotopic (exact) mass is 394 g/mol. The van der Waals surface area contributed by atoms with Gasteiger partial charge in [0, 0.05) is 64.5 Å². The Labute approximate surface area is 162 Å². The van der Waals surface area contributed by atoms with Gasteiger partial charge in [0.1, 0.15) is 0 Å². The van der Waals surface area contributed by atoms with Crippen molar-refractivity contribution in [2.24, 2.45) is 0 Å². The van der Waals surface area contributed by atoms with E-state index in [1.165, 1.54) is 0 Å². The number of amides is 1. The Bertz CT molecular complexity index is 735. The molecule has 2 aliphatic rings. The summed E-state index contributed by atoms with van der Waals surface area (Å²) in [7, 11) is -1.01. The average molecular weight is 395 g/mol. The average Bonchev–Trinajstić information content (AvgIpc) is 2.69. The van der Waals surface area contributed by atoms with Crippen molar-refractivity contribution < 1.29 is 13.2 Å². The fourth-order valence-corrected chi connectivity index (χ4v) is 4.64. The molecule has 0 radical (unpaired) electrons. The van der Waals surface area contributed by atoms with E-state index in [9.17, 15) is 13.2 Å². The lowest BCUT2D eigenvalue weighted by molar-refractivity contribution is 0.0664. The van der Waals surface area contributed by atoms with E-state index in [2.05, 4.69) is 16.8 Å². The molecule has 2 saturated heterocycles. The maximum atomic E-state index is 12.6. The molecule has 2 fully saturated rings. The van der Waals surface area contributed by atoms with E-state index >= 15 is 0 Å². The lowest BCUT2D eigenvalue weighted by atomic mass is 10.1. The van der Waals surface area contributed by atoms with E-state index < -0.39 is 10.0 Å². The molecule has 0 atom stereocenters. The molecule has 0 saturated carbocycles. The van der Waals surface area contributed by atoms with Crippen molar-refractivity contribution in [1.82, 2.24) is 19.0 Å². The van der Waals surface area contributed by atoms with E-state index in [0.29, 0.717) is 13.1 Å². The van der Waals surface area contributed by atoms with Gasteiger partial charge in [0.15, 0.2) is 0 Å². The summed E-state index contributed by atoms with van der Waals surface area (Å²) in [6, 6.07) is 7.85. The Balaban J connectivity index is 1.52. The quantitative estimate of drug-likeness (QED) is 0.730. The molecule has 0 aliphatic carbocycles. The number of carbonyl (C=O) groups is 1. The van der Waals surface area contributed by atoms with Crippen LogP contribution in [0.25, 0.3) is 0 Å². The first-order valence-corrected chi connectivity index (χ1v) is 11.3. The van der Waals surface area contributed by atoms with Crippen molar-refractivity contribution in [3.63, 3.8) is 0 Å². The standard InChI is InChI=1S/C19H30N4O3S/c1-3-27(25,26)23-14-10-21(11-15-23)16-17-4-6-18(7-5-17)19(24)22-12-8-20(2)9-13-22/h4-7H,3,8-16H2,1-2H3. The van der Waals surface area contributed by atoms with Crippen LogP contribution in [0.1, 0.15) is 22.8 Å². The Hall–Kier alpha value is -1.48. The number of carbonyl (C=O) groups excluding carboxylic acids is 1. The highest BCUT2D eigenvalue weighted by atomic mass is 32.2. The van der Waals surface area contributed by atoms with E-state index in [1.54, 1.807) is 11.2 Å². The van der Waals surface area contributed by atoms with Crippen molar-refractivity contribution in [2.75, 3.05) is 65.2 Å². The zero-order valence-corrected chi connectivity index (χ0v) is 17.1. The van der Waals surface area contributed by atoms with E-state index in [0.717, 1.165) is 56.9 Å². The molecule has 150 valence electrons. The van der Waals surface area contributed by atoms with Crippen molar-refractivity contribution >= 4 is 15.9 Å². The van der Waals surface area contributed by atoms with Crippen molar-refractivity contribution in [2.45, 2.75) is 13.5 Å². The van der Waals surface area contributed by atoms with E-state index in [4.69, 9.17) is 0 Å². The van der Waals surface area contributed by atoms with Crippen LogP contribution in [0, 0.1) is 0 Å². The summed E-state index contributed by atoms with van der Waals surface area (Å²) in [6.07, 6.45) is 0. The second-order valence-corrected chi connectivity index (χ2v) is 9.63. The summed E-state index contributed by atoms with van der Waals surface area (Å²) in [6.45, 7) is 8.45. The third-order valence-electron chi connectivity index (χ3n) is 5.49. The lowest BCUT2D eigenvalue weighted by Gasteiger charge is -2.34. The van der Waals surface area contributed by atoms with Crippen LogP contribution in [0.15, 0.2) is 24.3 Å². The van der Waals surface area contributed by atoms with Gasteiger partial charge < -0.3 is 9.80 Å². The minimum Gasteiger partial charge on any atom is -0.336 e. The van der Waals surface area contributed by atoms with Crippen LogP contribution in [-0.2, 0) is 16.6 Å². The fourth-order valence-electron chi connectivity index (χ4n) is 3.55. The molecule has 0 aromatic heterocycles. The molecule has 2 heterocycles. The number of piperazine rings is 2. The minimum atomic E-state index is -3.09. The molecule has 1 aromatic rings. The third kappa shape index (κ3) is 5.07. The summed E-state index contributed by atoms with van der Waals surface area (Å²) in [5.41, 5.74) is 1.89. The highest BCUT2D eigenvalue weighted by molar-refractivity contribution is 7.89. The molecule has 2 aliphatic heterocycles. The SMILES string of the molecule is CCS(=O)(=O)N1CCN(Cc2ccc(C(=O)N3CCN(C)CC3)cc2)CC1. The highest BCUT2D eigenvalue weighted by Gasteiger charge is 2.25. The second kappa shape index (κ2) is 8.68. The predicted octanol–water partition coefficient (Wildman–Crippen LogP) is 0.542. The van der Waals surface area contributed by atoms with Crippen LogP contribution < -0.4 is 0 Å². The number of rotatable bonds is 5. The van der Waals surface area contributed by atoms with Crippen LogP contribution in [0.5, 0.6) is 0 Å².